The number of likely N-dealkylation sites (tertiary alicyclic amines) is 1. The predicted molar refractivity (Wildman–Crippen MR) is 198 cm³/mol. The number of hydrogen-bond acceptors (Lipinski definition) is 5. The molecule has 8 rings (SSSR count). The summed E-state index contributed by atoms with van der Waals surface area (Å²) in [6.45, 7) is 24.5. The van der Waals surface area contributed by atoms with Crippen LogP contribution in [0.5, 0.6) is 0 Å². The maximum absolute atomic E-state index is 13.6. The van der Waals surface area contributed by atoms with E-state index in [1.165, 1.54) is 103 Å². The Balaban J connectivity index is 1.02. The lowest BCUT2D eigenvalue weighted by Gasteiger charge is -2.73. The minimum atomic E-state index is -0.788. The van der Waals surface area contributed by atoms with Crippen molar-refractivity contribution in [3.05, 3.63) is 0 Å². The molecule has 0 aromatic heterocycles. The molecule has 0 spiro atoms. The Kier molecular flexibility index (Phi) is 8.38. The summed E-state index contributed by atoms with van der Waals surface area (Å²) < 4.78 is 6.47. The van der Waals surface area contributed by atoms with Gasteiger partial charge in [0.15, 0.2) is 0 Å². The quantitative estimate of drug-likeness (QED) is 0.247. The fourth-order valence-corrected chi connectivity index (χ4v) is 15.9. The topological polar surface area (TPSA) is 78.9 Å². The Morgan fingerprint density at radius 3 is 2.10 bits per heavy atom. The molecule has 7 saturated carbocycles. The number of rotatable bonds is 8. The Bertz CT molecular complexity index is 1370. The molecule has 0 bridgehead atoms. The molecule has 282 valence electrons. The number of nitrogens with one attached hydrogen (secondary N) is 1. The molecule has 2 N–H and O–H groups in total. The van der Waals surface area contributed by atoms with Gasteiger partial charge in [-0.3, -0.25) is 9.59 Å². The molecule has 12 atom stereocenters. The Morgan fingerprint density at radius 2 is 1.44 bits per heavy atom. The van der Waals surface area contributed by atoms with Gasteiger partial charge in [-0.15, -0.1) is 0 Å². The number of ether oxygens (including phenoxy) is 1. The first kappa shape index (κ1) is 35.9. The summed E-state index contributed by atoms with van der Waals surface area (Å²) in [6.07, 6.45) is 18.9. The van der Waals surface area contributed by atoms with E-state index in [0.717, 1.165) is 30.6 Å². The fraction of sp³-hybridized carbons (Fsp3) is 0.955. The van der Waals surface area contributed by atoms with Crippen molar-refractivity contribution < 1.29 is 19.4 Å². The van der Waals surface area contributed by atoms with Crippen LogP contribution in [-0.2, 0) is 14.3 Å². The van der Waals surface area contributed by atoms with Crippen molar-refractivity contribution in [2.75, 3.05) is 26.2 Å². The lowest BCUT2D eigenvalue weighted by atomic mass is 9.32. The van der Waals surface area contributed by atoms with E-state index < -0.39 is 17.3 Å². The third-order valence-corrected chi connectivity index (χ3v) is 19.5. The minimum Gasteiger partial charge on any atom is -0.481 e. The van der Waals surface area contributed by atoms with Crippen LogP contribution < -0.4 is 5.32 Å². The van der Waals surface area contributed by atoms with Gasteiger partial charge in [0.25, 0.3) is 0 Å². The molecule has 1 aliphatic heterocycles. The first-order valence-corrected chi connectivity index (χ1v) is 21.3. The molecule has 6 heteroatoms. The van der Waals surface area contributed by atoms with E-state index in [2.05, 4.69) is 51.8 Å². The molecule has 1 unspecified atom stereocenters. The van der Waals surface area contributed by atoms with Gasteiger partial charge in [0.2, 0.25) is 0 Å². The zero-order valence-corrected chi connectivity index (χ0v) is 33.2. The second kappa shape index (κ2) is 11.7. The molecule has 50 heavy (non-hydrogen) atoms. The average Bonchev–Trinajstić information content (AvgIpc) is 3.40. The largest absolute Gasteiger partial charge is 0.481 e. The summed E-state index contributed by atoms with van der Waals surface area (Å²) in [4.78, 5) is 28.1. The van der Waals surface area contributed by atoms with Gasteiger partial charge in [-0.25, -0.2) is 0 Å². The van der Waals surface area contributed by atoms with Crippen LogP contribution in [-0.4, -0.2) is 59.8 Å². The number of hydrogen-bond donors (Lipinski definition) is 2. The molecule has 1 saturated heterocycles. The van der Waals surface area contributed by atoms with Crippen molar-refractivity contribution in [1.29, 1.82) is 0 Å². The number of carboxylic acids is 1. The molecular formula is C44H72N2O4. The van der Waals surface area contributed by atoms with E-state index in [1.807, 2.05) is 13.8 Å². The van der Waals surface area contributed by atoms with Crippen LogP contribution >= 0.6 is 0 Å². The van der Waals surface area contributed by atoms with Crippen molar-refractivity contribution in [3.8, 4) is 0 Å². The maximum atomic E-state index is 13.6. The highest BCUT2D eigenvalue weighted by molar-refractivity contribution is 5.81. The van der Waals surface area contributed by atoms with E-state index in [4.69, 9.17) is 4.74 Å². The fourth-order valence-electron chi connectivity index (χ4n) is 15.9. The molecule has 0 amide bonds. The van der Waals surface area contributed by atoms with Crippen molar-refractivity contribution in [1.82, 2.24) is 10.2 Å². The predicted octanol–water partition coefficient (Wildman–Crippen LogP) is 8.96. The highest BCUT2D eigenvalue weighted by Crippen LogP contribution is 2.78. The van der Waals surface area contributed by atoms with Gasteiger partial charge in [-0.2, -0.15) is 0 Å². The van der Waals surface area contributed by atoms with Crippen LogP contribution in [0.3, 0.4) is 0 Å². The average molecular weight is 693 g/mol. The molecule has 1 heterocycles. The number of carbonyl (C=O) groups is 2. The molecule has 0 aromatic rings. The van der Waals surface area contributed by atoms with E-state index in [9.17, 15) is 14.7 Å². The lowest BCUT2D eigenvalue weighted by Crippen LogP contribution is -2.69. The number of carboxylic acid groups (broad SMARTS) is 1. The third kappa shape index (κ3) is 4.97. The van der Waals surface area contributed by atoms with Crippen LogP contribution in [0.1, 0.15) is 152 Å². The van der Waals surface area contributed by atoms with E-state index >= 15 is 0 Å². The van der Waals surface area contributed by atoms with Crippen molar-refractivity contribution in [2.24, 2.45) is 73.9 Å². The summed E-state index contributed by atoms with van der Waals surface area (Å²) in [5, 5.41) is 14.0. The second-order valence-electron chi connectivity index (χ2n) is 21.9. The van der Waals surface area contributed by atoms with Gasteiger partial charge in [-0.05, 0) is 166 Å². The normalized spacial score (nSPS) is 49.8. The second-order valence-corrected chi connectivity index (χ2v) is 21.9. The Labute approximate surface area is 304 Å². The van der Waals surface area contributed by atoms with Gasteiger partial charge in [-0.1, -0.05) is 55.4 Å². The molecule has 7 aliphatic carbocycles. The lowest BCUT2D eigenvalue weighted by molar-refractivity contribution is -0.249. The number of aliphatic carboxylic acids is 1. The first-order chi connectivity index (χ1) is 23.4. The summed E-state index contributed by atoms with van der Waals surface area (Å²) in [5.74, 6) is 2.03. The number of esters is 1. The summed E-state index contributed by atoms with van der Waals surface area (Å²) in [6, 6.07) is 0. The zero-order valence-electron chi connectivity index (χ0n) is 33.2. The number of carbonyl (C=O) groups excluding carboxylic acids is 1. The molecular weight excluding hydrogens is 620 g/mol. The number of fused-ring (bicyclic) bond motifs is 7. The van der Waals surface area contributed by atoms with Crippen molar-refractivity contribution in [2.45, 2.75) is 163 Å². The van der Waals surface area contributed by atoms with Crippen LogP contribution in [0.25, 0.3) is 0 Å². The van der Waals surface area contributed by atoms with Crippen LogP contribution in [0.15, 0.2) is 0 Å². The maximum Gasteiger partial charge on any atom is 0.309 e. The minimum absolute atomic E-state index is 0.0931. The summed E-state index contributed by atoms with van der Waals surface area (Å²) in [5.41, 5.74) is 1.22. The van der Waals surface area contributed by atoms with Gasteiger partial charge >= 0.3 is 11.9 Å². The molecule has 6 nitrogen and oxygen atoms in total. The molecule has 8 fully saturated rings. The SMILES string of the molecule is CC1([C@@H]2CCC3(NCCN4CCCC4)CC[C@]4(C)[C@H](CC[C@@H]5[C@@]6(C)CC[C@H](OC(=O)[C@H]7C[C@@H](C(=O)O)C7(C)C)C(C)(C)[C@@H]6CC[C@]54C)[C@@H]23)CC1. The van der Waals surface area contributed by atoms with E-state index in [-0.39, 0.29) is 28.8 Å². The van der Waals surface area contributed by atoms with Gasteiger partial charge in [0, 0.05) is 24.0 Å². The summed E-state index contributed by atoms with van der Waals surface area (Å²) in [7, 11) is 0. The molecule has 0 radical (unpaired) electrons. The van der Waals surface area contributed by atoms with E-state index in [0.29, 0.717) is 40.0 Å². The van der Waals surface area contributed by atoms with Gasteiger partial charge < -0.3 is 20.1 Å². The van der Waals surface area contributed by atoms with Gasteiger partial charge in [0.05, 0.1) is 11.8 Å². The summed E-state index contributed by atoms with van der Waals surface area (Å²) >= 11 is 0. The Hall–Kier alpha value is -1.14. The van der Waals surface area contributed by atoms with Crippen LogP contribution in [0.2, 0.25) is 0 Å². The van der Waals surface area contributed by atoms with Crippen LogP contribution in [0, 0.1) is 73.9 Å². The standard InChI is InChI=1S/C44H72N2O4/c1-38(2)30(36(47)48)27-31(38)37(49)50-34-15-16-41(6)32(39(34,3)4)14-17-43(8)33(41)12-11-29-35-28(40(5)19-20-40)13-18-44(35,22-21-42(29,43)7)45-23-26-46-24-9-10-25-46/h28-35,45H,9-27H2,1-8H3,(H,47,48)/t28-,29-,30+,31-,32+,33-,34+,35-,41+,42-,43-,44?/m1/s1. The zero-order chi connectivity index (χ0) is 35.7. The molecule has 8 aliphatic rings. The third-order valence-electron chi connectivity index (χ3n) is 19.5. The highest BCUT2D eigenvalue weighted by Gasteiger charge is 2.72. The Morgan fingerprint density at radius 1 is 0.720 bits per heavy atom. The van der Waals surface area contributed by atoms with E-state index in [1.54, 1.807) is 0 Å². The first-order valence-electron chi connectivity index (χ1n) is 21.3. The molecule has 0 aromatic carbocycles. The number of nitrogens with zero attached hydrogens (tertiary/aromatic N) is 1. The smallest absolute Gasteiger partial charge is 0.309 e. The van der Waals surface area contributed by atoms with Crippen molar-refractivity contribution in [3.63, 3.8) is 0 Å². The monoisotopic (exact) mass is 693 g/mol. The van der Waals surface area contributed by atoms with Crippen LogP contribution in [0.4, 0.5) is 0 Å². The van der Waals surface area contributed by atoms with Crippen molar-refractivity contribution >= 4 is 11.9 Å². The highest BCUT2D eigenvalue weighted by atomic mass is 16.5. The van der Waals surface area contributed by atoms with Gasteiger partial charge in [0.1, 0.15) is 6.10 Å².